The summed E-state index contributed by atoms with van der Waals surface area (Å²) in [6, 6.07) is 7.11. The van der Waals surface area contributed by atoms with Crippen LogP contribution in [0.4, 0.5) is 4.79 Å². The highest BCUT2D eigenvalue weighted by Gasteiger charge is 2.10. The lowest BCUT2D eigenvalue weighted by Gasteiger charge is -2.10. The van der Waals surface area contributed by atoms with Crippen molar-refractivity contribution in [2.24, 2.45) is 5.73 Å². The maximum absolute atomic E-state index is 11.4. The van der Waals surface area contributed by atoms with Crippen molar-refractivity contribution in [1.29, 1.82) is 0 Å². The second-order valence-corrected chi connectivity index (χ2v) is 7.04. The van der Waals surface area contributed by atoms with E-state index >= 15 is 0 Å². The first-order valence-electron chi connectivity index (χ1n) is 9.06. The van der Waals surface area contributed by atoms with E-state index in [1.165, 1.54) is 39.1 Å². The van der Waals surface area contributed by atoms with Crippen molar-refractivity contribution >= 4 is 23.7 Å². The normalized spacial score (nSPS) is 10.1. The predicted octanol–water partition coefficient (Wildman–Crippen LogP) is 3.60. The van der Waals surface area contributed by atoms with Crippen molar-refractivity contribution < 1.29 is 14.3 Å². The first-order chi connectivity index (χ1) is 15.0. The van der Waals surface area contributed by atoms with Gasteiger partial charge in [0, 0.05) is 35.9 Å². The van der Waals surface area contributed by atoms with E-state index in [0.717, 1.165) is 5.56 Å². The monoisotopic (exact) mass is 436 g/mol. The smallest absolute Gasteiger partial charge is 0.338 e. The van der Waals surface area contributed by atoms with Crippen LogP contribution in [0.3, 0.4) is 0 Å². The minimum atomic E-state index is -0.533. The van der Waals surface area contributed by atoms with Crippen LogP contribution in [0.1, 0.15) is 15.9 Å². The second-order valence-electron chi connectivity index (χ2n) is 6.19. The van der Waals surface area contributed by atoms with E-state index in [9.17, 15) is 9.59 Å². The van der Waals surface area contributed by atoms with Crippen LogP contribution in [0.25, 0.3) is 0 Å². The molecule has 0 bridgehead atoms. The third kappa shape index (κ3) is 5.58. The van der Waals surface area contributed by atoms with Gasteiger partial charge in [-0.3, -0.25) is 18.9 Å². The molecular formula is C21H20N6O3S. The molecule has 0 radical (unpaired) electrons. The molecule has 0 spiro atoms. The summed E-state index contributed by atoms with van der Waals surface area (Å²) in [6.07, 6.45) is 14.2. The van der Waals surface area contributed by atoms with E-state index in [1.807, 2.05) is 31.4 Å². The number of hydrogen-bond donors (Lipinski definition) is 1. The summed E-state index contributed by atoms with van der Waals surface area (Å²) in [6.45, 7) is 2.01. The number of hydrogen-bond acceptors (Lipinski definition) is 7. The van der Waals surface area contributed by atoms with Gasteiger partial charge in [0.05, 0.1) is 11.8 Å². The highest BCUT2D eigenvalue weighted by molar-refractivity contribution is 7.98. The number of pyridine rings is 1. The van der Waals surface area contributed by atoms with Crippen LogP contribution in [0.2, 0.25) is 0 Å². The van der Waals surface area contributed by atoms with Crippen LogP contribution in [-0.2, 0) is 0 Å². The SMILES string of the molecule is CSc1ccc(Oc2cnccc2C(N)=O)cc1C.O=C(n1ccnc1)n1ccnc1. The zero-order chi connectivity index (χ0) is 22.2. The number of rotatable bonds is 4. The number of carbonyl (C=O) groups excluding carboxylic acids is 2. The Labute approximate surface area is 182 Å². The third-order valence-electron chi connectivity index (χ3n) is 4.09. The van der Waals surface area contributed by atoms with Crippen LogP contribution in [0.5, 0.6) is 11.5 Å². The number of thioether (sulfide) groups is 1. The largest absolute Gasteiger partial charge is 0.455 e. The molecule has 4 aromatic rings. The van der Waals surface area contributed by atoms with Crippen molar-refractivity contribution in [1.82, 2.24) is 24.1 Å². The zero-order valence-corrected chi connectivity index (χ0v) is 17.7. The number of primary amides is 1. The third-order valence-corrected chi connectivity index (χ3v) is 4.99. The van der Waals surface area contributed by atoms with Gasteiger partial charge >= 0.3 is 6.03 Å². The Hall–Kier alpha value is -3.92. The number of aryl methyl sites for hydroxylation is 1. The maximum Gasteiger partial charge on any atom is 0.338 e. The molecule has 2 N–H and O–H groups in total. The van der Waals surface area contributed by atoms with Crippen molar-refractivity contribution in [3.8, 4) is 11.5 Å². The molecule has 1 amide bonds. The summed E-state index contributed by atoms with van der Waals surface area (Å²) in [5, 5.41) is 0. The quantitative estimate of drug-likeness (QED) is 0.486. The Morgan fingerprint density at radius 3 is 2.19 bits per heavy atom. The number of benzene rings is 1. The molecule has 3 aromatic heterocycles. The number of carbonyl (C=O) groups is 2. The summed E-state index contributed by atoms with van der Waals surface area (Å²) in [4.78, 5) is 35.4. The first kappa shape index (κ1) is 21.8. The summed E-state index contributed by atoms with van der Waals surface area (Å²) in [5.41, 5.74) is 6.73. The summed E-state index contributed by atoms with van der Waals surface area (Å²) in [7, 11) is 0. The summed E-state index contributed by atoms with van der Waals surface area (Å²) < 4.78 is 8.43. The average molecular weight is 436 g/mol. The Morgan fingerprint density at radius 1 is 1.00 bits per heavy atom. The van der Waals surface area contributed by atoms with Gasteiger partial charge in [-0.05, 0) is 43.0 Å². The van der Waals surface area contributed by atoms with Gasteiger partial charge in [0.25, 0.3) is 5.91 Å². The molecule has 0 saturated carbocycles. The molecule has 4 rings (SSSR count). The molecule has 0 aliphatic heterocycles. The molecule has 158 valence electrons. The number of nitrogens with zero attached hydrogens (tertiary/aromatic N) is 5. The fraction of sp³-hybridized carbons (Fsp3) is 0.0952. The molecule has 31 heavy (non-hydrogen) atoms. The Kier molecular flexibility index (Phi) is 7.17. The van der Waals surface area contributed by atoms with Crippen LogP contribution in [0.15, 0.2) is 79.0 Å². The van der Waals surface area contributed by atoms with E-state index in [4.69, 9.17) is 10.5 Å². The van der Waals surface area contributed by atoms with Crippen molar-refractivity contribution in [2.75, 3.05) is 6.26 Å². The molecule has 0 fully saturated rings. The number of amides is 1. The van der Waals surface area contributed by atoms with E-state index in [1.54, 1.807) is 42.6 Å². The molecule has 1 aromatic carbocycles. The second kappa shape index (κ2) is 10.2. The van der Waals surface area contributed by atoms with E-state index in [0.29, 0.717) is 17.1 Å². The highest BCUT2D eigenvalue weighted by atomic mass is 32.2. The van der Waals surface area contributed by atoms with Gasteiger partial charge in [0.1, 0.15) is 18.4 Å². The van der Waals surface area contributed by atoms with Gasteiger partial charge in [-0.1, -0.05) is 0 Å². The van der Waals surface area contributed by atoms with Gasteiger partial charge in [0.2, 0.25) is 0 Å². The molecule has 3 heterocycles. The Morgan fingerprint density at radius 2 is 1.68 bits per heavy atom. The number of imidazole rings is 2. The van der Waals surface area contributed by atoms with Gasteiger partial charge in [-0.2, -0.15) is 0 Å². The minimum Gasteiger partial charge on any atom is -0.455 e. The molecule has 0 aliphatic carbocycles. The Bertz CT molecular complexity index is 1120. The van der Waals surface area contributed by atoms with E-state index in [2.05, 4.69) is 15.0 Å². The van der Waals surface area contributed by atoms with Crippen molar-refractivity contribution in [3.63, 3.8) is 0 Å². The van der Waals surface area contributed by atoms with Crippen molar-refractivity contribution in [3.05, 3.63) is 85.2 Å². The standard InChI is InChI=1S/C14H14N2O2S.C7H6N4O/c1-9-7-10(3-4-13(9)19-2)18-12-8-16-6-5-11(12)14(15)17;12-7(10-3-1-8-5-10)11-4-2-9-6-11/h3-8H,1-2H3,(H2,15,17);1-6H. The molecule has 0 atom stereocenters. The number of aromatic nitrogens is 5. The highest BCUT2D eigenvalue weighted by Crippen LogP contribution is 2.28. The van der Waals surface area contributed by atoms with Gasteiger partial charge in [0.15, 0.2) is 5.75 Å². The summed E-state index contributed by atoms with van der Waals surface area (Å²) >= 11 is 1.68. The number of ether oxygens (including phenoxy) is 1. The van der Waals surface area contributed by atoms with Crippen LogP contribution in [-0.4, -0.2) is 42.3 Å². The molecule has 0 aliphatic rings. The predicted molar refractivity (Wildman–Crippen MR) is 116 cm³/mol. The molecule has 10 heteroatoms. The first-order valence-corrected chi connectivity index (χ1v) is 10.3. The van der Waals surface area contributed by atoms with Gasteiger partial charge < -0.3 is 10.5 Å². The van der Waals surface area contributed by atoms with Gasteiger partial charge in [-0.15, -0.1) is 11.8 Å². The van der Waals surface area contributed by atoms with Gasteiger partial charge in [-0.25, -0.2) is 14.8 Å². The topological polar surface area (TPSA) is 118 Å². The van der Waals surface area contributed by atoms with E-state index < -0.39 is 5.91 Å². The average Bonchev–Trinajstić information content (AvgIpc) is 3.49. The van der Waals surface area contributed by atoms with E-state index in [-0.39, 0.29) is 6.03 Å². The fourth-order valence-electron chi connectivity index (χ4n) is 2.58. The maximum atomic E-state index is 11.4. The molecular weight excluding hydrogens is 416 g/mol. The van der Waals surface area contributed by atoms with Crippen LogP contribution < -0.4 is 10.5 Å². The summed E-state index contributed by atoms with van der Waals surface area (Å²) in [5.74, 6) is 0.493. The molecule has 9 nitrogen and oxygen atoms in total. The minimum absolute atomic E-state index is 0.190. The fourth-order valence-corrected chi connectivity index (χ4v) is 3.17. The number of nitrogens with two attached hydrogens (primary N) is 1. The Balaban J connectivity index is 0.000000194. The molecule has 0 unspecified atom stereocenters. The van der Waals surface area contributed by atoms with Crippen molar-refractivity contribution in [2.45, 2.75) is 11.8 Å². The lowest BCUT2D eigenvalue weighted by Crippen LogP contribution is -2.15. The zero-order valence-electron chi connectivity index (χ0n) is 16.9. The lowest BCUT2D eigenvalue weighted by atomic mass is 10.2. The molecule has 0 saturated heterocycles. The van der Waals surface area contributed by atoms with Crippen LogP contribution >= 0.6 is 11.8 Å². The van der Waals surface area contributed by atoms with Crippen LogP contribution in [0, 0.1) is 6.92 Å². The lowest BCUT2D eigenvalue weighted by molar-refractivity contribution is 0.0998.